The Morgan fingerprint density at radius 2 is 2.30 bits per heavy atom. The van der Waals surface area contributed by atoms with Crippen molar-refractivity contribution in [1.29, 1.82) is 0 Å². The van der Waals surface area contributed by atoms with Gasteiger partial charge in [-0.2, -0.15) is 0 Å². The van der Waals surface area contributed by atoms with Crippen molar-refractivity contribution in [3.63, 3.8) is 0 Å². The number of ether oxygens (including phenoxy) is 1. The molecule has 0 aromatic heterocycles. The van der Waals surface area contributed by atoms with Crippen molar-refractivity contribution in [3.05, 3.63) is 0 Å². The van der Waals surface area contributed by atoms with Crippen molar-refractivity contribution in [2.24, 2.45) is 0 Å². The first kappa shape index (κ1) is 7.25. The minimum Gasteiger partial charge on any atom is -0.451 e. The molecule has 1 rings (SSSR count). The lowest BCUT2D eigenvalue weighted by atomic mass is 9.90. The summed E-state index contributed by atoms with van der Waals surface area (Å²) in [5.41, 5.74) is -0.786. The monoisotopic (exact) mass is 142 g/mol. The number of rotatable bonds is 2. The molecule has 0 bridgehead atoms. The number of Topliss-reactive ketones (excluding diaryl/α,β-unsaturated/α-hetero) is 1. The minimum absolute atomic E-state index is 0.00657. The third-order valence-electron chi connectivity index (χ3n) is 1.73. The highest BCUT2D eigenvalue weighted by atomic mass is 16.6. The van der Waals surface area contributed by atoms with Crippen molar-refractivity contribution in [3.8, 4) is 0 Å². The van der Waals surface area contributed by atoms with Gasteiger partial charge < -0.3 is 4.74 Å². The van der Waals surface area contributed by atoms with Gasteiger partial charge in [0.25, 0.3) is 0 Å². The number of carbonyl (C=O) groups is 2. The molecule has 0 radical (unpaired) electrons. The fourth-order valence-corrected chi connectivity index (χ4v) is 1.05. The molecule has 0 aliphatic carbocycles. The van der Waals surface area contributed by atoms with E-state index in [9.17, 15) is 9.59 Å². The van der Waals surface area contributed by atoms with Crippen LogP contribution < -0.4 is 0 Å². The van der Waals surface area contributed by atoms with Crippen LogP contribution in [-0.2, 0) is 14.3 Å². The number of ketones is 1. The van der Waals surface area contributed by atoms with E-state index in [-0.39, 0.29) is 18.2 Å². The first-order valence-electron chi connectivity index (χ1n) is 3.33. The van der Waals surface area contributed by atoms with Gasteiger partial charge in [0, 0.05) is 6.42 Å². The smallest absolute Gasteiger partial charge is 0.311 e. The average Bonchev–Trinajstić information content (AvgIpc) is 1.83. The van der Waals surface area contributed by atoms with Gasteiger partial charge in [-0.1, -0.05) is 6.92 Å². The molecule has 1 aliphatic rings. The van der Waals surface area contributed by atoms with Crippen LogP contribution in [0.1, 0.15) is 26.7 Å². The van der Waals surface area contributed by atoms with Gasteiger partial charge in [-0.15, -0.1) is 0 Å². The molecule has 1 saturated heterocycles. The van der Waals surface area contributed by atoms with Gasteiger partial charge in [0.2, 0.25) is 0 Å². The predicted molar refractivity (Wildman–Crippen MR) is 34.4 cm³/mol. The largest absolute Gasteiger partial charge is 0.451 e. The molecule has 0 aromatic carbocycles. The highest BCUT2D eigenvalue weighted by Gasteiger charge is 2.46. The molecule has 56 valence electrons. The number of cyclic esters (lactones) is 1. The van der Waals surface area contributed by atoms with Crippen molar-refractivity contribution in [2.75, 3.05) is 0 Å². The second-order valence-corrected chi connectivity index (χ2v) is 2.66. The topological polar surface area (TPSA) is 43.4 Å². The van der Waals surface area contributed by atoms with E-state index in [4.69, 9.17) is 4.74 Å². The van der Waals surface area contributed by atoms with Crippen LogP contribution in [0.3, 0.4) is 0 Å². The molecule has 1 aliphatic heterocycles. The van der Waals surface area contributed by atoms with E-state index in [1.165, 1.54) is 0 Å². The van der Waals surface area contributed by atoms with Crippen LogP contribution in [0, 0.1) is 0 Å². The standard InChI is InChI=1S/C7H10O3/c1-3-5(8)7(2)4-6(9)10-7/h3-4H2,1-2H3/t7-/m1/s1. The van der Waals surface area contributed by atoms with Crippen molar-refractivity contribution < 1.29 is 14.3 Å². The molecular formula is C7H10O3. The second kappa shape index (κ2) is 2.08. The molecule has 3 nitrogen and oxygen atoms in total. The Labute approximate surface area is 59.4 Å². The predicted octanol–water partition coefficient (Wildman–Crippen LogP) is 0.671. The molecule has 0 spiro atoms. The molecule has 0 saturated carbocycles. The third-order valence-corrected chi connectivity index (χ3v) is 1.73. The van der Waals surface area contributed by atoms with Crippen molar-refractivity contribution >= 4 is 11.8 Å². The fourth-order valence-electron chi connectivity index (χ4n) is 1.05. The van der Waals surface area contributed by atoms with Gasteiger partial charge in [-0.3, -0.25) is 9.59 Å². The normalized spacial score (nSPS) is 30.8. The van der Waals surface area contributed by atoms with Crippen LogP contribution in [0.15, 0.2) is 0 Å². The van der Waals surface area contributed by atoms with Crippen LogP contribution in [0.25, 0.3) is 0 Å². The Morgan fingerprint density at radius 3 is 2.60 bits per heavy atom. The van der Waals surface area contributed by atoms with E-state index in [0.717, 1.165) is 0 Å². The Hall–Kier alpha value is -0.860. The zero-order chi connectivity index (χ0) is 7.78. The lowest BCUT2D eigenvalue weighted by Crippen LogP contribution is -2.51. The number of hydrogen-bond donors (Lipinski definition) is 0. The van der Waals surface area contributed by atoms with E-state index in [0.29, 0.717) is 6.42 Å². The van der Waals surface area contributed by atoms with Gasteiger partial charge in [0.05, 0.1) is 6.42 Å². The summed E-state index contributed by atoms with van der Waals surface area (Å²) in [5, 5.41) is 0. The van der Waals surface area contributed by atoms with Gasteiger partial charge in [-0.05, 0) is 6.92 Å². The van der Waals surface area contributed by atoms with Crippen LogP contribution in [0.2, 0.25) is 0 Å². The molecule has 1 fully saturated rings. The summed E-state index contributed by atoms with van der Waals surface area (Å²) >= 11 is 0. The molecule has 0 N–H and O–H groups in total. The molecule has 10 heavy (non-hydrogen) atoms. The van der Waals surface area contributed by atoms with Crippen molar-refractivity contribution in [1.82, 2.24) is 0 Å². The zero-order valence-corrected chi connectivity index (χ0v) is 6.14. The van der Waals surface area contributed by atoms with Gasteiger partial charge in [0.15, 0.2) is 11.4 Å². The Kier molecular flexibility index (Phi) is 1.50. The first-order chi connectivity index (χ1) is 4.58. The van der Waals surface area contributed by atoms with E-state index >= 15 is 0 Å². The zero-order valence-electron chi connectivity index (χ0n) is 6.14. The van der Waals surface area contributed by atoms with Gasteiger partial charge in [-0.25, -0.2) is 0 Å². The summed E-state index contributed by atoms with van der Waals surface area (Å²) in [6, 6.07) is 0. The Bertz CT molecular complexity index is 175. The fraction of sp³-hybridized carbons (Fsp3) is 0.714. The summed E-state index contributed by atoms with van der Waals surface area (Å²) in [6.45, 7) is 3.42. The van der Waals surface area contributed by atoms with Crippen LogP contribution in [0.5, 0.6) is 0 Å². The first-order valence-corrected chi connectivity index (χ1v) is 3.33. The third kappa shape index (κ3) is 0.916. The van der Waals surface area contributed by atoms with Crippen LogP contribution in [-0.4, -0.2) is 17.4 Å². The maximum Gasteiger partial charge on any atom is 0.311 e. The Morgan fingerprint density at radius 1 is 1.80 bits per heavy atom. The Balaban J connectivity index is 2.56. The highest BCUT2D eigenvalue weighted by Crippen LogP contribution is 2.28. The molecule has 0 aromatic rings. The second-order valence-electron chi connectivity index (χ2n) is 2.66. The van der Waals surface area contributed by atoms with E-state index in [1.54, 1.807) is 13.8 Å². The molecule has 1 heterocycles. The highest BCUT2D eigenvalue weighted by molar-refractivity contribution is 5.97. The van der Waals surface area contributed by atoms with E-state index in [1.807, 2.05) is 0 Å². The molecule has 0 amide bonds. The van der Waals surface area contributed by atoms with Gasteiger partial charge >= 0.3 is 5.97 Å². The quantitative estimate of drug-likeness (QED) is 0.532. The number of hydrogen-bond acceptors (Lipinski definition) is 3. The molecule has 1 atom stereocenters. The van der Waals surface area contributed by atoms with Crippen LogP contribution in [0.4, 0.5) is 0 Å². The summed E-state index contributed by atoms with van der Waals surface area (Å²) < 4.78 is 4.69. The average molecular weight is 142 g/mol. The summed E-state index contributed by atoms with van der Waals surface area (Å²) in [4.78, 5) is 21.3. The maximum absolute atomic E-state index is 11.0. The summed E-state index contributed by atoms with van der Waals surface area (Å²) in [5.74, 6) is -0.267. The maximum atomic E-state index is 11.0. The van der Waals surface area contributed by atoms with Crippen LogP contribution >= 0.6 is 0 Å². The van der Waals surface area contributed by atoms with E-state index in [2.05, 4.69) is 0 Å². The summed E-state index contributed by atoms with van der Waals surface area (Å²) in [6.07, 6.45) is 0.684. The molecular weight excluding hydrogens is 132 g/mol. The molecule has 3 heteroatoms. The SMILES string of the molecule is CCC(=O)[C@@]1(C)CC(=O)O1. The lowest BCUT2D eigenvalue weighted by molar-refractivity contribution is -0.191. The number of esters is 1. The minimum atomic E-state index is -0.786. The van der Waals surface area contributed by atoms with Gasteiger partial charge in [0.1, 0.15) is 0 Å². The summed E-state index contributed by atoms with van der Waals surface area (Å²) in [7, 11) is 0. The number of carbonyl (C=O) groups excluding carboxylic acids is 2. The van der Waals surface area contributed by atoms with Crippen molar-refractivity contribution in [2.45, 2.75) is 32.3 Å². The molecule has 0 unspecified atom stereocenters. The lowest BCUT2D eigenvalue weighted by Gasteiger charge is -2.35. The van der Waals surface area contributed by atoms with E-state index < -0.39 is 5.60 Å².